The third-order valence-electron chi connectivity index (χ3n) is 2.87. The summed E-state index contributed by atoms with van der Waals surface area (Å²) >= 11 is 0. The highest BCUT2D eigenvalue weighted by atomic mass is 16.3. The highest BCUT2D eigenvalue weighted by Crippen LogP contribution is 2.23. The summed E-state index contributed by atoms with van der Waals surface area (Å²) in [6, 6.07) is 4.09. The van der Waals surface area contributed by atoms with E-state index < -0.39 is 0 Å². The summed E-state index contributed by atoms with van der Waals surface area (Å²) < 4.78 is 0. The second-order valence-electron chi connectivity index (χ2n) is 4.15. The van der Waals surface area contributed by atoms with Gasteiger partial charge in [0.2, 0.25) is 5.91 Å². The van der Waals surface area contributed by atoms with Crippen molar-refractivity contribution in [3.63, 3.8) is 0 Å². The molecule has 3 nitrogen and oxygen atoms in total. The van der Waals surface area contributed by atoms with Crippen LogP contribution in [0.1, 0.15) is 23.1 Å². The zero-order chi connectivity index (χ0) is 12.3. The Kier molecular flexibility index (Phi) is 4.07. The number of hydrogen-bond acceptors (Lipinski definition) is 2. The molecule has 1 N–H and O–H groups in total. The maximum atomic E-state index is 11.7. The van der Waals surface area contributed by atoms with Crippen molar-refractivity contribution < 1.29 is 9.90 Å². The van der Waals surface area contributed by atoms with Crippen molar-refractivity contribution in [1.29, 1.82) is 0 Å². The molecule has 1 rings (SSSR count). The molecule has 0 aliphatic rings. The van der Waals surface area contributed by atoms with Gasteiger partial charge >= 0.3 is 0 Å². The van der Waals surface area contributed by atoms with Gasteiger partial charge in [-0.15, -0.1) is 0 Å². The number of carbonyl (C=O) groups excluding carboxylic acids is 1. The average molecular weight is 221 g/mol. The van der Waals surface area contributed by atoms with Crippen LogP contribution >= 0.6 is 0 Å². The Balaban J connectivity index is 3.04. The Morgan fingerprint density at radius 2 is 1.75 bits per heavy atom. The molecule has 16 heavy (non-hydrogen) atoms. The molecule has 0 saturated carbocycles. The van der Waals surface area contributed by atoms with Gasteiger partial charge in [0.15, 0.2) is 0 Å². The second-order valence-corrected chi connectivity index (χ2v) is 4.15. The molecule has 0 saturated heterocycles. The number of nitrogens with zero attached hydrogens (tertiary/aromatic N) is 1. The van der Waals surface area contributed by atoms with E-state index in [9.17, 15) is 4.79 Å². The molecule has 0 heterocycles. The normalized spacial score (nSPS) is 10.3. The number of rotatable bonds is 3. The van der Waals surface area contributed by atoms with Crippen LogP contribution in [0.15, 0.2) is 12.1 Å². The van der Waals surface area contributed by atoms with Gasteiger partial charge in [-0.2, -0.15) is 0 Å². The minimum absolute atomic E-state index is 0.0612. The number of aliphatic hydroxyl groups is 1. The Morgan fingerprint density at radius 1 is 1.19 bits per heavy atom. The number of aryl methyl sites for hydroxylation is 3. The van der Waals surface area contributed by atoms with Crippen LogP contribution in [0.3, 0.4) is 0 Å². The fraction of sp³-hybridized carbons (Fsp3) is 0.462. The largest absolute Gasteiger partial charge is 0.396 e. The zero-order valence-electron chi connectivity index (χ0n) is 10.4. The molecule has 0 aliphatic carbocycles. The Hall–Kier alpha value is -1.35. The molecule has 0 fully saturated rings. The van der Waals surface area contributed by atoms with Crippen LogP contribution < -0.4 is 4.90 Å². The fourth-order valence-electron chi connectivity index (χ4n) is 1.70. The van der Waals surface area contributed by atoms with Gasteiger partial charge < -0.3 is 10.0 Å². The predicted octanol–water partition coefficient (Wildman–Crippen LogP) is 1.96. The van der Waals surface area contributed by atoms with E-state index in [4.69, 9.17) is 5.11 Å². The molecule has 3 heteroatoms. The maximum Gasteiger partial charge on any atom is 0.229 e. The Morgan fingerprint density at radius 3 is 2.31 bits per heavy atom. The van der Waals surface area contributed by atoms with Crippen molar-refractivity contribution >= 4 is 11.6 Å². The van der Waals surface area contributed by atoms with Gasteiger partial charge in [0.1, 0.15) is 0 Å². The first-order valence-corrected chi connectivity index (χ1v) is 5.42. The highest BCUT2D eigenvalue weighted by Gasteiger charge is 2.13. The van der Waals surface area contributed by atoms with E-state index >= 15 is 0 Å². The fourth-order valence-corrected chi connectivity index (χ4v) is 1.70. The molecular weight excluding hydrogens is 202 g/mol. The lowest BCUT2D eigenvalue weighted by Gasteiger charge is -2.20. The Bertz CT molecular complexity index is 399. The van der Waals surface area contributed by atoms with Crippen molar-refractivity contribution in [2.45, 2.75) is 27.2 Å². The monoisotopic (exact) mass is 221 g/mol. The summed E-state index contributed by atoms with van der Waals surface area (Å²) in [5.74, 6) is -0.0612. The number of aliphatic hydroxyl groups excluding tert-OH is 1. The standard InChI is InChI=1S/C13H19NO2/c1-9-7-11(3)12(8-10(9)2)14(4)13(16)5-6-15/h7-8,15H,5-6H2,1-4H3. The van der Waals surface area contributed by atoms with E-state index in [2.05, 4.69) is 13.0 Å². The van der Waals surface area contributed by atoms with Crippen molar-refractivity contribution in [3.8, 4) is 0 Å². The lowest BCUT2D eigenvalue weighted by molar-refractivity contribution is -0.118. The van der Waals surface area contributed by atoms with E-state index in [1.54, 1.807) is 11.9 Å². The molecule has 1 aromatic rings. The molecule has 1 amide bonds. The van der Waals surface area contributed by atoms with Gasteiger partial charge in [-0.05, 0) is 43.5 Å². The number of amides is 1. The summed E-state index contributed by atoms with van der Waals surface area (Å²) in [6.07, 6.45) is 0.170. The quantitative estimate of drug-likeness (QED) is 0.847. The molecule has 0 aromatic heterocycles. The SMILES string of the molecule is Cc1cc(C)c(N(C)C(=O)CCO)cc1C. The van der Waals surface area contributed by atoms with E-state index in [0.29, 0.717) is 0 Å². The van der Waals surface area contributed by atoms with Crippen LogP contribution in [-0.2, 0) is 4.79 Å². The molecule has 0 unspecified atom stereocenters. The van der Waals surface area contributed by atoms with E-state index in [0.717, 1.165) is 11.3 Å². The smallest absolute Gasteiger partial charge is 0.229 e. The molecule has 0 atom stereocenters. The van der Waals surface area contributed by atoms with Crippen LogP contribution in [0.4, 0.5) is 5.69 Å². The van der Waals surface area contributed by atoms with Crippen molar-refractivity contribution in [3.05, 3.63) is 28.8 Å². The van der Waals surface area contributed by atoms with Crippen LogP contribution in [0.5, 0.6) is 0 Å². The van der Waals surface area contributed by atoms with Gasteiger partial charge in [-0.3, -0.25) is 4.79 Å². The maximum absolute atomic E-state index is 11.7. The Labute approximate surface area is 96.7 Å². The van der Waals surface area contributed by atoms with Crippen LogP contribution in [0, 0.1) is 20.8 Å². The number of carbonyl (C=O) groups is 1. The first-order chi connectivity index (χ1) is 7.47. The first kappa shape index (κ1) is 12.7. The highest BCUT2D eigenvalue weighted by molar-refractivity contribution is 5.93. The van der Waals surface area contributed by atoms with Crippen LogP contribution in [0.2, 0.25) is 0 Å². The van der Waals surface area contributed by atoms with Gasteiger partial charge in [0.05, 0.1) is 13.0 Å². The van der Waals surface area contributed by atoms with Gasteiger partial charge in [-0.25, -0.2) is 0 Å². The molecule has 1 aromatic carbocycles. The number of hydrogen-bond donors (Lipinski definition) is 1. The summed E-state index contributed by atoms with van der Waals surface area (Å²) in [5.41, 5.74) is 4.40. The van der Waals surface area contributed by atoms with Crippen molar-refractivity contribution in [2.75, 3.05) is 18.6 Å². The second kappa shape index (κ2) is 5.12. The molecule has 88 valence electrons. The summed E-state index contributed by atoms with van der Waals surface area (Å²) in [6.45, 7) is 5.97. The first-order valence-electron chi connectivity index (χ1n) is 5.42. The van der Waals surface area contributed by atoms with Gasteiger partial charge in [0, 0.05) is 12.7 Å². The van der Waals surface area contributed by atoms with Gasteiger partial charge in [-0.1, -0.05) is 6.07 Å². The minimum Gasteiger partial charge on any atom is -0.396 e. The lowest BCUT2D eigenvalue weighted by atomic mass is 10.0. The van der Waals surface area contributed by atoms with E-state index in [-0.39, 0.29) is 18.9 Å². The summed E-state index contributed by atoms with van der Waals surface area (Å²) in [7, 11) is 1.75. The third-order valence-corrected chi connectivity index (χ3v) is 2.87. The van der Waals surface area contributed by atoms with E-state index in [1.807, 2.05) is 19.9 Å². The topological polar surface area (TPSA) is 40.5 Å². The molecule has 0 radical (unpaired) electrons. The van der Waals surface area contributed by atoms with Crippen LogP contribution in [0.25, 0.3) is 0 Å². The summed E-state index contributed by atoms with van der Waals surface area (Å²) in [4.78, 5) is 13.3. The van der Waals surface area contributed by atoms with Crippen molar-refractivity contribution in [1.82, 2.24) is 0 Å². The zero-order valence-corrected chi connectivity index (χ0v) is 10.4. The number of benzene rings is 1. The molecule has 0 aliphatic heterocycles. The number of anilines is 1. The lowest BCUT2D eigenvalue weighted by Crippen LogP contribution is -2.27. The average Bonchev–Trinajstić information content (AvgIpc) is 2.23. The molecule has 0 bridgehead atoms. The van der Waals surface area contributed by atoms with Crippen LogP contribution in [-0.4, -0.2) is 24.7 Å². The predicted molar refractivity (Wildman–Crippen MR) is 65.8 cm³/mol. The minimum atomic E-state index is -0.104. The summed E-state index contributed by atoms with van der Waals surface area (Å²) in [5, 5.41) is 8.75. The van der Waals surface area contributed by atoms with Gasteiger partial charge in [0.25, 0.3) is 0 Å². The third kappa shape index (κ3) is 2.61. The van der Waals surface area contributed by atoms with E-state index in [1.165, 1.54) is 11.1 Å². The molecular formula is C13H19NO2. The van der Waals surface area contributed by atoms with Crippen molar-refractivity contribution in [2.24, 2.45) is 0 Å². The molecule has 0 spiro atoms.